The monoisotopic (exact) mass is 304 g/mol. The molecule has 7 heteroatoms. The molecule has 0 radical (unpaired) electrons. The van der Waals surface area contributed by atoms with Gasteiger partial charge in [0, 0.05) is 33.1 Å². The zero-order chi connectivity index (χ0) is 14.8. The second kappa shape index (κ2) is 5.69. The number of nitrogens with one attached hydrogen (secondary N) is 1. The number of carbonyl (C=O) groups excluding carboxylic acids is 2. The summed E-state index contributed by atoms with van der Waals surface area (Å²) in [7, 11) is 0. The first-order valence-corrected chi connectivity index (χ1v) is 7.72. The van der Waals surface area contributed by atoms with E-state index in [2.05, 4.69) is 10.3 Å². The van der Waals surface area contributed by atoms with E-state index in [0.29, 0.717) is 37.8 Å². The fraction of sp³-hybridized carbons (Fsp3) is 0.357. The predicted octanol–water partition coefficient (Wildman–Crippen LogP) is 0.739. The van der Waals surface area contributed by atoms with E-state index < -0.39 is 0 Å². The molecule has 0 atom stereocenters. The standard InChI is InChI=1S/C14H16N4O2S/c1-10(19)17-3-5-18(6-4-17)14-15-12(13(20)16-14)8-11-2-7-21-9-11/h2,7-9H,3-6H2,1H3,(H,15,16,20)/b12-8-. The maximum absolute atomic E-state index is 11.9. The van der Waals surface area contributed by atoms with Gasteiger partial charge in [0.15, 0.2) is 0 Å². The third-order valence-corrected chi connectivity index (χ3v) is 4.26. The second-order valence-electron chi connectivity index (χ2n) is 4.97. The van der Waals surface area contributed by atoms with Gasteiger partial charge in [-0.1, -0.05) is 0 Å². The van der Waals surface area contributed by atoms with E-state index >= 15 is 0 Å². The van der Waals surface area contributed by atoms with E-state index in [-0.39, 0.29) is 11.8 Å². The van der Waals surface area contributed by atoms with Gasteiger partial charge < -0.3 is 15.1 Å². The number of carbonyl (C=O) groups is 2. The van der Waals surface area contributed by atoms with Gasteiger partial charge in [-0.3, -0.25) is 9.59 Å². The van der Waals surface area contributed by atoms with Gasteiger partial charge in [-0.2, -0.15) is 16.3 Å². The average Bonchev–Trinajstić information content (AvgIpc) is 3.10. The molecule has 6 nitrogen and oxygen atoms in total. The Labute approximate surface area is 126 Å². The van der Waals surface area contributed by atoms with Crippen LogP contribution in [0.1, 0.15) is 12.5 Å². The molecule has 3 heterocycles. The Morgan fingerprint density at radius 2 is 2.14 bits per heavy atom. The van der Waals surface area contributed by atoms with E-state index in [4.69, 9.17) is 0 Å². The molecule has 3 rings (SSSR count). The molecule has 0 bridgehead atoms. The lowest BCUT2D eigenvalue weighted by atomic mass is 10.2. The lowest BCUT2D eigenvalue weighted by Crippen LogP contribution is -2.52. The lowest BCUT2D eigenvalue weighted by Gasteiger charge is -2.34. The van der Waals surface area contributed by atoms with Crippen LogP contribution in [-0.2, 0) is 9.59 Å². The average molecular weight is 304 g/mol. The van der Waals surface area contributed by atoms with Gasteiger partial charge in [0.2, 0.25) is 11.9 Å². The third kappa shape index (κ3) is 2.97. The molecule has 2 aliphatic rings. The van der Waals surface area contributed by atoms with Crippen molar-refractivity contribution in [1.29, 1.82) is 0 Å². The molecule has 1 N–H and O–H groups in total. The number of aliphatic imine (C=N–C) groups is 1. The first kappa shape index (κ1) is 13.8. The molecule has 1 aromatic rings. The summed E-state index contributed by atoms with van der Waals surface area (Å²) in [6.45, 7) is 4.27. The predicted molar refractivity (Wildman–Crippen MR) is 81.7 cm³/mol. The highest BCUT2D eigenvalue weighted by Gasteiger charge is 2.27. The largest absolute Gasteiger partial charge is 0.339 e. The third-order valence-electron chi connectivity index (χ3n) is 3.56. The molecule has 1 aromatic heterocycles. The van der Waals surface area contributed by atoms with Crippen molar-refractivity contribution in [1.82, 2.24) is 15.1 Å². The molecule has 2 aliphatic heterocycles. The quantitative estimate of drug-likeness (QED) is 0.777. The summed E-state index contributed by atoms with van der Waals surface area (Å²) >= 11 is 1.59. The Balaban J connectivity index is 1.65. The Kier molecular flexibility index (Phi) is 3.74. The van der Waals surface area contributed by atoms with Crippen LogP contribution < -0.4 is 5.32 Å². The smallest absolute Gasteiger partial charge is 0.296 e. The maximum atomic E-state index is 11.9. The van der Waals surface area contributed by atoms with Crippen LogP contribution in [0.5, 0.6) is 0 Å². The van der Waals surface area contributed by atoms with E-state index in [1.807, 2.05) is 21.7 Å². The SMILES string of the molecule is CC(=O)N1CCN(C2=NC(=O)/C(=C/c3ccsc3)N2)CC1. The molecule has 21 heavy (non-hydrogen) atoms. The number of nitrogens with zero attached hydrogens (tertiary/aromatic N) is 3. The van der Waals surface area contributed by atoms with Gasteiger partial charge in [-0.15, -0.1) is 0 Å². The van der Waals surface area contributed by atoms with Gasteiger partial charge in [-0.05, 0) is 28.5 Å². The first-order valence-electron chi connectivity index (χ1n) is 6.78. The van der Waals surface area contributed by atoms with Crippen molar-refractivity contribution in [2.75, 3.05) is 26.2 Å². The highest BCUT2D eigenvalue weighted by Crippen LogP contribution is 2.14. The molecule has 0 saturated carbocycles. The molecular weight excluding hydrogens is 288 g/mol. The number of guanidine groups is 1. The molecule has 2 amide bonds. The molecule has 1 fully saturated rings. The minimum Gasteiger partial charge on any atom is -0.339 e. The van der Waals surface area contributed by atoms with Crippen LogP contribution >= 0.6 is 11.3 Å². The van der Waals surface area contributed by atoms with Crippen LogP contribution in [0.15, 0.2) is 27.5 Å². The number of hydrogen-bond donors (Lipinski definition) is 1. The van der Waals surface area contributed by atoms with Gasteiger partial charge in [-0.25, -0.2) is 0 Å². The molecular formula is C14H16N4O2S. The number of thiophene rings is 1. The van der Waals surface area contributed by atoms with Crippen molar-refractivity contribution in [2.45, 2.75) is 6.92 Å². The van der Waals surface area contributed by atoms with Crippen molar-refractivity contribution in [3.8, 4) is 0 Å². The highest BCUT2D eigenvalue weighted by molar-refractivity contribution is 7.08. The van der Waals surface area contributed by atoms with Crippen molar-refractivity contribution in [2.24, 2.45) is 4.99 Å². The van der Waals surface area contributed by atoms with Crippen molar-refractivity contribution in [3.05, 3.63) is 28.1 Å². The molecule has 0 spiro atoms. The summed E-state index contributed by atoms with van der Waals surface area (Å²) < 4.78 is 0. The highest BCUT2D eigenvalue weighted by atomic mass is 32.1. The Bertz CT molecular complexity index is 613. The summed E-state index contributed by atoms with van der Waals surface area (Å²) in [5.74, 6) is 0.431. The maximum Gasteiger partial charge on any atom is 0.296 e. The summed E-state index contributed by atoms with van der Waals surface area (Å²) in [6, 6.07) is 1.95. The van der Waals surface area contributed by atoms with E-state index in [0.717, 1.165) is 5.56 Å². The van der Waals surface area contributed by atoms with Crippen molar-refractivity contribution in [3.63, 3.8) is 0 Å². The van der Waals surface area contributed by atoms with Gasteiger partial charge in [0.1, 0.15) is 5.70 Å². The lowest BCUT2D eigenvalue weighted by molar-refractivity contribution is -0.130. The fourth-order valence-corrected chi connectivity index (χ4v) is 2.98. The summed E-state index contributed by atoms with van der Waals surface area (Å²) in [5, 5.41) is 7.03. The van der Waals surface area contributed by atoms with Crippen molar-refractivity contribution < 1.29 is 9.59 Å². The second-order valence-corrected chi connectivity index (χ2v) is 5.75. The molecule has 0 unspecified atom stereocenters. The minimum atomic E-state index is -0.245. The Morgan fingerprint density at radius 3 is 2.76 bits per heavy atom. The summed E-state index contributed by atoms with van der Waals surface area (Å²) in [4.78, 5) is 31.1. The van der Waals surface area contributed by atoms with Gasteiger partial charge >= 0.3 is 0 Å². The topological polar surface area (TPSA) is 65.0 Å². The molecule has 1 saturated heterocycles. The van der Waals surface area contributed by atoms with Crippen LogP contribution in [0.4, 0.5) is 0 Å². The molecule has 0 aliphatic carbocycles. The van der Waals surface area contributed by atoms with Crippen LogP contribution in [-0.4, -0.2) is 53.8 Å². The van der Waals surface area contributed by atoms with Crippen LogP contribution in [0.3, 0.4) is 0 Å². The first-order chi connectivity index (χ1) is 10.1. The molecule has 0 aromatic carbocycles. The fourth-order valence-electron chi connectivity index (χ4n) is 2.36. The number of piperazine rings is 1. The number of rotatable bonds is 1. The van der Waals surface area contributed by atoms with E-state index in [1.165, 1.54) is 0 Å². The van der Waals surface area contributed by atoms with Gasteiger partial charge in [0.25, 0.3) is 5.91 Å². The zero-order valence-electron chi connectivity index (χ0n) is 11.7. The Morgan fingerprint density at radius 1 is 1.38 bits per heavy atom. The molecule has 110 valence electrons. The van der Waals surface area contributed by atoms with E-state index in [1.54, 1.807) is 29.2 Å². The summed E-state index contributed by atoms with van der Waals surface area (Å²) in [6.07, 6.45) is 1.81. The van der Waals surface area contributed by atoms with Crippen LogP contribution in [0.2, 0.25) is 0 Å². The Hall–Kier alpha value is -2.15. The number of hydrogen-bond acceptors (Lipinski definition) is 5. The normalized spacial score (nSPS) is 20.7. The zero-order valence-corrected chi connectivity index (χ0v) is 12.5. The van der Waals surface area contributed by atoms with Crippen molar-refractivity contribution >= 4 is 35.2 Å². The van der Waals surface area contributed by atoms with Crippen LogP contribution in [0.25, 0.3) is 6.08 Å². The minimum absolute atomic E-state index is 0.0880. The van der Waals surface area contributed by atoms with Crippen LogP contribution in [0, 0.1) is 0 Å². The number of amides is 2. The summed E-state index contributed by atoms with van der Waals surface area (Å²) in [5.41, 5.74) is 1.49. The van der Waals surface area contributed by atoms with E-state index in [9.17, 15) is 9.59 Å². The van der Waals surface area contributed by atoms with Gasteiger partial charge in [0.05, 0.1) is 0 Å².